The van der Waals surface area contributed by atoms with Crippen molar-refractivity contribution in [3.63, 3.8) is 0 Å². The van der Waals surface area contributed by atoms with Crippen LogP contribution < -0.4 is 15.5 Å². The SMILES string of the molecule is Cl.Cl.O=C(CC1CSCCN1)Nc1cc(F)cc(N2CCOCC2)c1. The minimum Gasteiger partial charge on any atom is -0.378 e. The van der Waals surface area contributed by atoms with Gasteiger partial charge < -0.3 is 20.3 Å². The largest absolute Gasteiger partial charge is 0.378 e. The number of hydrogen-bond donors (Lipinski definition) is 2. The highest BCUT2D eigenvalue weighted by Crippen LogP contribution is 2.23. The van der Waals surface area contributed by atoms with Gasteiger partial charge >= 0.3 is 0 Å². The highest BCUT2D eigenvalue weighted by Gasteiger charge is 2.18. The van der Waals surface area contributed by atoms with Gasteiger partial charge in [-0.15, -0.1) is 24.8 Å². The molecule has 2 heterocycles. The van der Waals surface area contributed by atoms with E-state index in [1.54, 1.807) is 0 Å². The molecule has 0 radical (unpaired) electrons. The fourth-order valence-electron chi connectivity index (χ4n) is 2.84. The van der Waals surface area contributed by atoms with E-state index in [1.807, 2.05) is 17.8 Å². The minimum atomic E-state index is -0.337. The van der Waals surface area contributed by atoms with Crippen LogP contribution in [0, 0.1) is 5.82 Å². The summed E-state index contributed by atoms with van der Waals surface area (Å²) in [4.78, 5) is 14.2. The maximum Gasteiger partial charge on any atom is 0.225 e. The van der Waals surface area contributed by atoms with Crippen LogP contribution in [0.5, 0.6) is 0 Å². The van der Waals surface area contributed by atoms with Crippen molar-refractivity contribution < 1.29 is 13.9 Å². The summed E-state index contributed by atoms with van der Waals surface area (Å²) in [5.74, 6) is 1.61. The molecule has 3 rings (SSSR count). The van der Waals surface area contributed by atoms with E-state index in [9.17, 15) is 9.18 Å². The quantitative estimate of drug-likeness (QED) is 0.796. The molecule has 5 nitrogen and oxygen atoms in total. The van der Waals surface area contributed by atoms with Crippen molar-refractivity contribution in [2.75, 3.05) is 54.6 Å². The van der Waals surface area contributed by atoms with Crippen molar-refractivity contribution in [1.29, 1.82) is 0 Å². The van der Waals surface area contributed by atoms with Crippen LogP contribution in [0.25, 0.3) is 0 Å². The Morgan fingerprint density at radius 2 is 2.08 bits per heavy atom. The summed E-state index contributed by atoms with van der Waals surface area (Å²) >= 11 is 1.85. The van der Waals surface area contributed by atoms with Gasteiger partial charge in [-0.1, -0.05) is 0 Å². The molecule has 1 unspecified atom stereocenters. The van der Waals surface area contributed by atoms with Crippen molar-refractivity contribution in [2.45, 2.75) is 12.5 Å². The molecule has 1 aromatic carbocycles. The zero-order valence-electron chi connectivity index (χ0n) is 13.8. The molecule has 0 aliphatic carbocycles. The smallest absolute Gasteiger partial charge is 0.225 e. The first-order chi connectivity index (χ1) is 11.2. The maximum absolute atomic E-state index is 13.9. The first kappa shape index (κ1) is 22.3. The summed E-state index contributed by atoms with van der Waals surface area (Å²) in [6, 6.07) is 4.89. The second kappa shape index (κ2) is 11.1. The number of hydrogen-bond acceptors (Lipinski definition) is 5. The summed E-state index contributed by atoms with van der Waals surface area (Å²) in [5.41, 5.74) is 1.30. The zero-order chi connectivity index (χ0) is 16.1. The fraction of sp³-hybridized carbons (Fsp3) is 0.562. The van der Waals surface area contributed by atoms with E-state index >= 15 is 0 Å². The van der Waals surface area contributed by atoms with Gasteiger partial charge in [-0.25, -0.2) is 4.39 Å². The highest BCUT2D eigenvalue weighted by molar-refractivity contribution is 7.99. The van der Waals surface area contributed by atoms with Crippen LogP contribution >= 0.6 is 36.6 Å². The molecule has 0 aromatic heterocycles. The van der Waals surface area contributed by atoms with Gasteiger partial charge in [0, 0.05) is 55.0 Å². The lowest BCUT2D eigenvalue weighted by atomic mass is 10.2. The number of halogens is 3. The Bertz CT molecular complexity index is 556. The molecule has 0 spiro atoms. The van der Waals surface area contributed by atoms with E-state index in [0.29, 0.717) is 25.3 Å². The molecule has 1 aromatic rings. The van der Waals surface area contributed by atoms with Gasteiger partial charge in [0.2, 0.25) is 5.91 Å². The average molecular weight is 412 g/mol. The van der Waals surface area contributed by atoms with Crippen molar-refractivity contribution in [3.8, 4) is 0 Å². The summed E-state index contributed by atoms with van der Waals surface area (Å²) in [7, 11) is 0. The first-order valence-electron chi connectivity index (χ1n) is 7.95. The number of carbonyl (C=O) groups is 1. The maximum atomic E-state index is 13.9. The molecule has 2 N–H and O–H groups in total. The summed E-state index contributed by atoms with van der Waals surface area (Å²) < 4.78 is 19.2. The normalized spacial score (nSPS) is 20.2. The Morgan fingerprint density at radius 3 is 2.76 bits per heavy atom. The van der Waals surface area contributed by atoms with Gasteiger partial charge in [0.05, 0.1) is 13.2 Å². The average Bonchev–Trinajstić information content (AvgIpc) is 2.56. The van der Waals surface area contributed by atoms with Crippen molar-refractivity contribution >= 4 is 53.9 Å². The van der Waals surface area contributed by atoms with E-state index < -0.39 is 0 Å². The van der Waals surface area contributed by atoms with Crippen LogP contribution in [-0.4, -0.2) is 56.3 Å². The molecule has 0 saturated carbocycles. The van der Waals surface area contributed by atoms with Crippen molar-refractivity contribution in [2.24, 2.45) is 0 Å². The van der Waals surface area contributed by atoms with Gasteiger partial charge in [-0.2, -0.15) is 11.8 Å². The third kappa shape index (κ3) is 6.83. The third-order valence-corrected chi connectivity index (χ3v) is 5.10. The molecule has 2 saturated heterocycles. The Kier molecular flexibility index (Phi) is 9.89. The molecule has 2 fully saturated rings. The molecule has 2 aliphatic heterocycles. The molecule has 25 heavy (non-hydrogen) atoms. The highest BCUT2D eigenvalue weighted by atomic mass is 35.5. The van der Waals surface area contributed by atoms with Crippen LogP contribution in [0.15, 0.2) is 18.2 Å². The van der Waals surface area contributed by atoms with Crippen LogP contribution in [-0.2, 0) is 9.53 Å². The van der Waals surface area contributed by atoms with Crippen LogP contribution in [0.4, 0.5) is 15.8 Å². The van der Waals surface area contributed by atoms with Crippen LogP contribution in [0.1, 0.15) is 6.42 Å². The molecular weight excluding hydrogens is 388 g/mol. The predicted molar refractivity (Wildman–Crippen MR) is 106 cm³/mol. The monoisotopic (exact) mass is 411 g/mol. The fourth-order valence-corrected chi connectivity index (χ4v) is 3.79. The van der Waals surface area contributed by atoms with Crippen molar-refractivity contribution in [3.05, 3.63) is 24.0 Å². The summed E-state index contributed by atoms with van der Waals surface area (Å²) in [6.45, 7) is 3.69. The van der Waals surface area contributed by atoms with Gasteiger partial charge in [-0.3, -0.25) is 4.79 Å². The molecule has 0 bridgehead atoms. The Morgan fingerprint density at radius 1 is 1.32 bits per heavy atom. The lowest BCUT2D eigenvalue weighted by Gasteiger charge is -2.29. The molecule has 1 amide bonds. The lowest BCUT2D eigenvalue weighted by molar-refractivity contribution is -0.116. The Hall–Kier alpha value is -0.730. The number of carbonyl (C=O) groups excluding carboxylic acids is 1. The number of nitrogens with zero attached hydrogens (tertiary/aromatic N) is 1. The molecule has 142 valence electrons. The summed E-state index contributed by atoms with van der Waals surface area (Å²) in [5, 5.41) is 6.16. The number of nitrogens with one attached hydrogen (secondary N) is 2. The summed E-state index contributed by atoms with van der Waals surface area (Å²) in [6.07, 6.45) is 0.413. The molecule has 1 atom stereocenters. The van der Waals surface area contributed by atoms with Gasteiger partial charge in [0.25, 0.3) is 0 Å². The van der Waals surface area contributed by atoms with E-state index in [2.05, 4.69) is 15.5 Å². The van der Waals surface area contributed by atoms with Gasteiger partial charge in [0.15, 0.2) is 0 Å². The standard InChI is InChI=1S/C16H22FN3O2S.2ClH/c17-12-7-13(9-15(8-12)20-2-4-22-5-3-20)19-16(21)10-14-11-23-6-1-18-14;;/h7-9,14,18H,1-6,10-11H2,(H,19,21);2*1H. The number of amides is 1. The Balaban J connectivity index is 0.00000156. The van der Waals surface area contributed by atoms with Gasteiger partial charge in [-0.05, 0) is 18.2 Å². The number of rotatable bonds is 4. The van der Waals surface area contributed by atoms with E-state index in [1.165, 1.54) is 12.1 Å². The molecular formula is C16H24Cl2FN3O2S. The lowest BCUT2D eigenvalue weighted by Crippen LogP contribution is -2.40. The number of morpholine rings is 1. The zero-order valence-corrected chi connectivity index (χ0v) is 16.3. The minimum absolute atomic E-state index is 0. The first-order valence-corrected chi connectivity index (χ1v) is 9.10. The second-order valence-electron chi connectivity index (χ2n) is 5.78. The topological polar surface area (TPSA) is 53.6 Å². The van der Waals surface area contributed by atoms with Crippen LogP contribution in [0.3, 0.4) is 0 Å². The van der Waals surface area contributed by atoms with Gasteiger partial charge in [0.1, 0.15) is 5.82 Å². The molecule has 9 heteroatoms. The van der Waals surface area contributed by atoms with E-state index in [4.69, 9.17) is 4.74 Å². The van der Waals surface area contributed by atoms with Crippen LogP contribution in [0.2, 0.25) is 0 Å². The third-order valence-electron chi connectivity index (χ3n) is 3.97. The number of ether oxygens (including phenoxy) is 1. The second-order valence-corrected chi connectivity index (χ2v) is 6.93. The van der Waals surface area contributed by atoms with Crippen molar-refractivity contribution in [1.82, 2.24) is 5.32 Å². The Labute approximate surface area is 164 Å². The number of anilines is 2. The van der Waals surface area contributed by atoms with E-state index in [-0.39, 0.29) is 42.6 Å². The predicted octanol–water partition coefficient (Wildman–Crippen LogP) is 2.54. The number of benzene rings is 1. The number of thioether (sulfide) groups is 1. The van der Waals surface area contributed by atoms with E-state index in [0.717, 1.165) is 36.8 Å². The molecule has 2 aliphatic rings.